The van der Waals surface area contributed by atoms with Gasteiger partial charge >= 0.3 is 0 Å². The monoisotopic (exact) mass is 281 g/mol. The Hall–Kier alpha value is -2.62. The summed E-state index contributed by atoms with van der Waals surface area (Å²) in [7, 11) is 0. The molecule has 0 saturated heterocycles. The number of ketones is 1. The summed E-state index contributed by atoms with van der Waals surface area (Å²) in [5, 5.41) is 9.52. The first-order valence-corrected chi connectivity index (χ1v) is 6.72. The maximum absolute atomic E-state index is 12.2. The molecule has 0 fully saturated rings. The van der Waals surface area contributed by atoms with E-state index in [0.29, 0.717) is 11.3 Å². The van der Waals surface area contributed by atoms with Crippen LogP contribution in [-0.4, -0.2) is 16.8 Å². The molecule has 4 nitrogen and oxygen atoms in total. The standard InChI is InChI=1S/C17H15NO3/c1-10-6-11(2)15-14(7-10)18(17(21)16(15)20)9-12-4-3-5-13(19)8-12/h3-8,19H,9H2,1-2H3. The van der Waals surface area contributed by atoms with Gasteiger partial charge in [0.25, 0.3) is 11.7 Å². The lowest BCUT2D eigenvalue weighted by Crippen LogP contribution is -2.29. The highest BCUT2D eigenvalue weighted by atomic mass is 16.3. The van der Waals surface area contributed by atoms with Gasteiger partial charge in [0.05, 0.1) is 17.8 Å². The zero-order valence-electron chi connectivity index (χ0n) is 11.9. The average Bonchev–Trinajstić information content (AvgIpc) is 2.64. The molecule has 1 aliphatic rings. The van der Waals surface area contributed by atoms with Crippen molar-refractivity contribution < 1.29 is 14.7 Å². The van der Waals surface area contributed by atoms with Crippen LogP contribution in [0.25, 0.3) is 0 Å². The number of aromatic hydroxyl groups is 1. The average molecular weight is 281 g/mol. The summed E-state index contributed by atoms with van der Waals surface area (Å²) in [5.41, 5.74) is 3.76. The van der Waals surface area contributed by atoms with Gasteiger partial charge in [-0.15, -0.1) is 0 Å². The molecule has 106 valence electrons. The fourth-order valence-electron chi connectivity index (χ4n) is 2.79. The minimum absolute atomic E-state index is 0.145. The van der Waals surface area contributed by atoms with Crippen LogP contribution in [0.3, 0.4) is 0 Å². The van der Waals surface area contributed by atoms with Crippen molar-refractivity contribution in [3.8, 4) is 5.75 Å². The van der Waals surface area contributed by atoms with E-state index in [-0.39, 0.29) is 12.3 Å². The summed E-state index contributed by atoms with van der Waals surface area (Å²) in [6.45, 7) is 4.05. The molecule has 2 aromatic carbocycles. The van der Waals surface area contributed by atoms with Crippen LogP contribution in [0, 0.1) is 13.8 Å². The van der Waals surface area contributed by atoms with Crippen molar-refractivity contribution in [3.63, 3.8) is 0 Å². The van der Waals surface area contributed by atoms with E-state index in [1.54, 1.807) is 18.2 Å². The molecule has 0 aromatic heterocycles. The lowest BCUT2D eigenvalue weighted by atomic mass is 10.0. The molecule has 0 bridgehead atoms. The fraction of sp³-hybridized carbons (Fsp3) is 0.176. The predicted octanol–water partition coefficient (Wildman–Crippen LogP) is 2.74. The number of fused-ring (bicyclic) bond motifs is 1. The zero-order chi connectivity index (χ0) is 15.1. The van der Waals surface area contributed by atoms with Crippen LogP contribution in [-0.2, 0) is 11.3 Å². The third-order valence-corrected chi connectivity index (χ3v) is 3.67. The molecule has 21 heavy (non-hydrogen) atoms. The predicted molar refractivity (Wildman–Crippen MR) is 79.5 cm³/mol. The van der Waals surface area contributed by atoms with Crippen LogP contribution in [0.1, 0.15) is 27.0 Å². The highest BCUT2D eigenvalue weighted by Crippen LogP contribution is 2.34. The van der Waals surface area contributed by atoms with Crippen molar-refractivity contribution in [2.24, 2.45) is 0 Å². The maximum atomic E-state index is 12.2. The molecule has 3 rings (SSSR count). The number of amides is 1. The largest absolute Gasteiger partial charge is 0.508 e. The van der Waals surface area contributed by atoms with Crippen molar-refractivity contribution in [1.29, 1.82) is 0 Å². The summed E-state index contributed by atoms with van der Waals surface area (Å²) in [4.78, 5) is 25.9. The van der Waals surface area contributed by atoms with E-state index in [1.807, 2.05) is 32.0 Å². The van der Waals surface area contributed by atoms with Crippen molar-refractivity contribution in [3.05, 3.63) is 58.7 Å². The maximum Gasteiger partial charge on any atom is 0.299 e. The Morgan fingerprint density at radius 1 is 1.10 bits per heavy atom. The van der Waals surface area contributed by atoms with Gasteiger partial charge in [0.15, 0.2) is 0 Å². The molecule has 2 aromatic rings. The molecule has 0 atom stereocenters. The van der Waals surface area contributed by atoms with Crippen molar-refractivity contribution in [2.75, 3.05) is 4.90 Å². The van der Waals surface area contributed by atoms with Gasteiger partial charge in [-0.25, -0.2) is 0 Å². The summed E-state index contributed by atoms with van der Waals surface area (Å²) in [6, 6.07) is 10.5. The van der Waals surface area contributed by atoms with Crippen LogP contribution in [0.2, 0.25) is 0 Å². The minimum atomic E-state index is -0.512. The van der Waals surface area contributed by atoms with Crippen molar-refractivity contribution >= 4 is 17.4 Å². The first-order valence-electron chi connectivity index (χ1n) is 6.72. The van der Waals surface area contributed by atoms with Crippen LogP contribution in [0.4, 0.5) is 5.69 Å². The van der Waals surface area contributed by atoms with E-state index in [0.717, 1.165) is 16.7 Å². The third kappa shape index (κ3) is 2.18. The molecule has 1 amide bonds. The molecule has 1 aliphatic heterocycles. The number of benzene rings is 2. The number of carbonyl (C=O) groups is 2. The lowest BCUT2D eigenvalue weighted by Gasteiger charge is -2.17. The minimum Gasteiger partial charge on any atom is -0.508 e. The van der Waals surface area contributed by atoms with Gasteiger partial charge in [-0.1, -0.05) is 18.2 Å². The summed E-state index contributed by atoms with van der Waals surface area (Å²) in [6.07, 6.45) is 0. The molecule has 0 unspecified atom stereocenters. The second-order valence-corrected chi connectivity index (χ2v) is 5.37. The fourth-order valence-corrected chi connectivity index (χ4v) is 2.79. The molecule has 1 heterocycles. The number of carbonyl (C=O) groups excluding carboxylic acids is 2. The van der Waals surface area contributed by atoms with E-state index in [9.17, 15) is 14.7 Å². The van der Waals surface area contributed by atoms with E-state index in [2.05, 4.69) is 0 Å². The number of Topliss-reactive ketones (excluding diaryl/α,β-unsaturated/α-hetero) is 1. The Kier molecular flexibility index (Phi) is 3.01. The quantitative estimate of drug-likeness (QED) is 0.861. The molecular weight excluding hydrogens is 266 g/mol. The van der Waals surface area contributed by atoms with Gasteiger partial charge in [0, 0.05) is 0 Å². The lowest BCUT2D eigenvalue weighted by molar-refractivity contribution is -0.114. The van der Waals surface area contributed by atoms with Gasteiger partial charge in [-0.05, 0) is 48.7 Å². The van der Waals surface area contributed by atoms with E-state index in [1.165, 1.54) is 4.90 Å². The second kappa shape index (κ2) is 4.74. The summed E-state index contributed by atoms with van der Waals surface area (Å²) < 4.78 is 0. The zero-order valence-corrected chi connectivity index (χ0v) is 11.9. The summed E-state index contributed by atoms with van der Waals surface area (Å²) in [5.74, 6) is -0.823. The van der Waals surface area contributed by atoms with Gasteiger partial charge in [0.2, 0.25) is 0 Å². The molecule has 0 radical (unpaired) electrons. The normalized spacial score (nSPS) is 13.7. The van der Waals surface area contributed by atoms with Crippen molar-refractivity contribution in [2.45, 2.75) is 20.4 Å². The van der Waals surface area contributed by atoms with Crippen LogP contribution >= 0.6 is 0 Å². The molecule has 0 saturated carbocycles. The Bertz CT molecular complexity index is 765. The number of hydrogen-bond donors (Lipinski definition) is 1. The highest BCUT2D eigenvalue weighted by Gasteiger charge is 2.37. The Morgan fingerprint density at radius 3 is 2.57 bits per heavy atom. The number of anilines is 1. The van der Waals surface area contributed by atoms with Gasteiger partial charge in [0.1, 0.15) is 5.75 Å². The van der Waals surface area contributed by atoms with Crippen LogP contribution in [0.15, 0.2) is 36.4 Å². The second-order valence-electron chi connectivity index (χ2n) is 5.37. The number of aryl methyl sites for hydroxylation is 2. The highest BCUT2D eigenvalue weighted by molar-refractivity contribution is 6.52. The molecule has 1 N–H and O–H groups in total. The number of phenolic OH excluding ortho intramolecular Hbond substituents is 1. The smallest absolute Gasteiger partial charge is 0.299 e. The Balaban J connectivity index is 2.05. The van der Waals surface area contributed by atoms with Crippen LogP contribution in [0.5, 0.6) is 5.75 Å². The number of phenols is 1. The van der Waals surface area contributed by atoms with Gasteiger partial charge in [-0.2, -0.15) is 0 Å². The number of hydrogen-bond acceptors (Lipinski definition) is 3. The van der Waals surface area contributed by atoms with Gasteiger partial charge in [-0.3, -0.25) is 9.59 Å². The van der Waals surface area contributed by atoms with E-state index in [4.69, 9.17) is 0 Å². The molecule has 0 spiro atoms. The Labute approximate surface area is 122 Å². The summed E-state index contributed by atoms with van der Waals surface area (Å²) >= 11 is 0. The third-order valence-electron chi connectivity index (χ3n) is 3.67. The number of rotatable bonds is 2. The Morgan fingerprint density at radius 2 is 1.86 bits per heavy atom. The SMILES string of the molecule is Cc1cc(C)c2c(c1)N(Cc1cccc(O)c1)C(=O)C2=O. The van der Waals surface area contributed by atoms with E-state index >= 15 is 0 Å². The van der Waals surface area contributed by atoms with Gasteiger partial charge < -0.3 is 10.0 Å². The van der Waals surface area contributed by atoms with Crippen LogP contribution < -0.4 is 4.90 Å². The molecule has 4 heteroatoms. The number of nitrogens with zero attached hydrogens (tertiary/aromatic N) is 1. The molecule has 0 aliphatic carbocycles. The first-order chi connectivity index (χ1) is 9.97. The molecular formula is C17H15NO3. The topological polar surface area (TPSA) is 57.6 Å². The van der Waals surface area contributed by atoms with Crippen molar-refractivity contribution in [1.82, 2.24) is 0 Å². The van der Waals surface area contributed by atoms with E-state index < -0.39 is 11.7 Å². The first kappa shape index (κ1) is 13.4.